The Labute approximate surface area is 163 Å². The molecule has 0 N–H and O–H groups in total. The van der Waals surface area contributed by atoms with E-state index in [1.54, 1.807) is 43.4 Å². The topological polar surface area (TPSA) is 57.7 Å². The summed E-state index contributed by atoms with van der Waals surface area (Å²) in [6.45, 7) is 4.03. The molecular weight excluding hydrogens is 364 g/mol. The van der Waals surface area contributed by atoms with Crippen molar-refractivity contribution in [3.8, 4) is 0 Å². The maximum atomic E-state index is 13.1. The summed E-state index contributed by atoms with van der Waals surface area (Å²) < 4.78 is 0. The van der Waals surface area contributed by atoms with E-state index in [9.17, 15) is 14.4 Å². The summed E-state index contributed by atoms with van der Waals surface area (Å²) in [6.07, 6.45) is 0. The second kappa shape index (κ2) is 7.53. The van der Waals surface area contributed by atoms with Gasteiger partial charge < -0.3 is 4.90 Å². The number of fused-ring (bicyclic) bond motifs is 1. The molecule has 0 saturated heterocycles. The molecule has 5 nitrogen and oxygen atoms in total. The third-order valence-corrected chi connectivity index (χ3v) is 4.95. The minimum absolute atomic E-state index is 0.215. The molecule has 140 valence electrons. The lowest BCUT2D eigenvalue weighted by Gasteiger charge is -2.32. The number of hydrogen-bond acceptors (Lipinski definition) is 3. The zero-order valence-corrected chi connectivity index (χ0v) is 16.2. The van der Waals surface area contributed by atoms with E-state index in [0.29, 0.717) is 22.7 Å². The molecule has 1 aliphatic rings. The number of amides is 3. The molecule has 27 heavy (non-hydrogen) atoms. The van der Waals surface area contributed by atoms with Gasteiger partial charge in [-0.05, 0) is 35.7 Å². The Bertz CT molecular complexity index is 858. The largest absolute Gasteiger partial charge is 0.340 e. The van der Waals surface area contributed by atoms with Gasteiger partial charge in [-0.2, -0.15) is 0 Å². The Kier molecular flexibility index (Phi) is 5.33. The lowest BCUT2D eigenvalue weighted by molar-refractivity contribution is -0.136. The van der Waals surface area contributed by atoms with Crippen molar-refractivity contribution in [2.24, 2.45) is 5.92 Å². The highest BCUT2D eigenvalue weighted by atomic mass is 35.5. The third kappa shape index (κ3) is 3.60. The van der Waals surface area contributed by atoms with Crippen LogP contribution < -0.4 is 0 Å². The molecular formula is C21H21ClN2O3. The highest BCUT2D eigenvalue weighted by Crippen LogP contribution is 2.28. The number of benzene rings is 2. The first-order valence-electron chi connectivity index (χ1n) is 8.77. The van der Waals surface area contributed by atoms with E-state index < -0.39 is 17.9 Å². The lowest BCUT2D eigenvalue weighted by Crippen LogP contribution is -2.52. The standard InChI is InChI=1S/C21H21ClN2O3/c1-13(2)18(21(27)23(3)12-14-8-10-15(22)11-9-14)24-19(25)16-6-4-5-7-17(16)20(24)26/h4-11,13,18H,12H2,1-3H3. The Balaban J connectivity index is 1.85. The zero-order chi connectivity index (χ0) is 19.7. The molecule has 3 amide bonds. The smallest absolute Gasteiger partial charge is 0.262 e. The first-order valence-corrected chi connectivity index (χ1v) is 9.15. The number of rotatable bonds is 5. The highest BCUT2D eigenvalue weighted by molar-refractivity contribution is 6.30. The van der Waals surface area contributed by atoms with E-state index in [1.165, 1.54) is 4.90 Å². The SMILES string of the molecule is CC(C)C(C(=O)N(C)Cc1ccc(Cl)cc1)N1C(=O)c2ccccc2C1=O. The number of nitrogens with zero attached hydrogens (tertiary/aromatic N) is 2. The minimum Gasteiger partial charge on any atom is -0.340 e. The molecule has 1 aliphatic heterocycles. The number of hydrogen-bond donors (Lipinski definition) is 0. The fourth-order valence-electron chi connectivity index (χ4n) is 3.32. The van der Waals surface area contributed by atoms with Gasteiger partial charge in [-0.15, -0.1) is 0 Å². The Morgan fingerprint density at radius 1 is 1.00 bits per heavy atom. The van der Waals surface area contributed by atoms with Crippen molar-refractivity contribution < 1.29 is 14.4 Å². The molecule has 0 aromatic heterocycles. The lowest BCUT2D eigenvalue weighted by atomic mass is 10.0. The van der Waals surface area contributed by atoms with Crippen LogP contribution in [-0.2, 0) is 11.3 Å². The van der Waals surface area contributed by atoms with Crippen LogP contribution in [0.4, 0.5) is 0 Å². The van der Waals surface area contributed by atoms with Crippen LogP contribution in [0.3, 0.4) is 0 Å². The molecule has 0 spiro atoms. The summed E-state index contributed by atoms with van der Waals surface area (Å²) in [5, 5.41) is 0.624. The van der Waals surface area contributed by atoms with Gasteiger partial charge in [0.2, 0.25) is 5.91 Å². The van der Waals surface area contributed by atoms with Crippen LogP contribution in [0.1, 0.15) is 40.1 Å². The second-order valence-corrected chi connectivity index (χ2v) is 7.47. The van der Waals surface area contributed by atoms with Crippen LogP contribution in [0.2, 0.25) is 5.02 Å². The monoisotopic (exact) mass is 384 g/mol. The van der Waals surface area contributed by atoms with E-state index >= 15 is 0 Å². The number of likely N-dealkylation sites (N-methyl/N-ethyl adjacent to an activating group) is 1. The highest BCUT2D eigenvalue weighted by Gasteiger charge is 2.44. The Hall–Kier alpha value is -2.66. The predicted molar refractivity (Wildman–Crippen MR) is 103 cm³/mol. The van der Waals surface area contributed by atoms with Crippen molar-refractivity contribution in [2.75, 3.05) is 7.05 Å². The molecule has 0 bridgehead atoms. The molecule has 0 radical (unpaired) electrons. The molecule has 0 fully saturated rings. The van der Waals surface area contributed by atoms with E-state index in [0.717, 1.165) is 10.5 Å². The molecule has 6 heteroatoms. The van der Waals surface area contributed by atoms with Crippen LogP contribution in [0.15, 0.2) is 48.5 Å². The molecule has 2 aromatic rings. The van der Waals surface area contributed by atoms with Gasteiger partial charge in [-0.1, -0.05) is 49.7 Å². The van der Waals surface area contributed by atoms with Crippen molar-refractivity contribution in [1.82, 2.24) is 9.80 Å². The minimum atomic E-state index is -0.852. The maximum absolute atomic E-state index is 13.1. The van der Waals surface area contributed by atoms with Gasteiger partial charge in [0.05, 0.1) is 11.1 Å². The molecule has 1 heterocycles. The number of carbonyl (C=O) groups excluding carboxylic acids is 3. The van der Waals surface area contributed by atoms with E-state index in [-0.39, 0.29) is 11.8 Å². The van der Waals surface area contributed by atoms with Gasteiger partial charge in [-0.3, -0.25) is 19.3 Å². The third-order valence-electron chi connectivity index (χ3n) is 4.70. The first-order chi connectivity index (χ1) is 12.8. The van der Waals surface area contributed by atoms with Crippen LogP contribution in [0.5, 0.6) is 0 Å². The average Bonchev–Trinajstić information content (AvgIpc) is 2.89. The summed E-state index contributed by atoms with van der Waals surface area (Å²) in [7, 11) is 1.67. The van der Waals surface area contributed by atoms with E-state index in [1.807, 2.05) is 26.0 Å². The van der Waals surface area contributed by atoms with Crippen molar-refractivity contribution in [2.45, 2.75) is 26.4 Å². The molecule has 1 atom stereocenters. The maximum Gasteiger partial charge on any atom is 0.262 e. The van der Waals surface area contributed by atoms with Crippen LogP contribution in [0.25, 0.3) is 0 Å². The normalized spacial score (nSPS) is 14.5. The molecule has 2 aromatic carbocycles. The summed E-state index contributed by atoms with van der Waals surface area (Å²) in [5.41, 5.74) is 1.61. The van der Waals surface area contributed by atoms with Crippen molar-refractivity contribution >= 4 is 29.3 Å². The van der Waals surface area contributed by atoms with Crippen molar-refractivity contribution in [3.63, 3.8) is 0 Å². The summed E-state index contributed by atoms with van der Waals surface area (Å²) in [4.78, 5) is 41.4. The molecule has 0 saturated carbocycles. The van der Waals surface area contributed by atoms with Crippen LogP contribution in [-0.4, -0.2) is 40.6 Å². The van der Waals surface area contributed by atoms with Gasteiger partial charge in [0.15, 0.2) is 0 Å². The van der Waals surface area contributed by atoms with Gasteiger partial charge >= 0.3 is 0 Å². The zero-order valence-electron chi connectivity index (χ0n) is 15.5. The van der Waals surface area contributed by atoms with E-state index in [4.69, 9.17) is 11.6 Å². The van der Waals surface area contributed by atoms with E-state index in [2.05, 4.69) is 0 Å². The Morgan fingerprint density at radius 3 is 2.00 bits per heavy atom. The number of halogens is 1. The van der Waals surface area contributed by atoms with Gasteiger partial charge in [-0.25, -0.2) is 0 Å². The number of carbonyl (C=O) groups is 3. The van der Waals surface area contributed by atoms with Gasteiger partial charge in [0.25, 0.3) is 11.8 Å². The second-order valence-electron chi connectivity index (χ2n) is 7.04. The van der Waals surface area contributed by atoms with Gasteiger partial charge in [0.1, 0.15) is 6.04 Å². The van der Waals surface area contributed by atoms with Crippen molar-refractivity contribution in [3.05, 3.63) is 70.2 Å². The van der Waals surface area contributed by atoms with Crippen LogP contribution in [0, 0.1) is 5.92 Å². The predicted octanol–water partition coefficient (Wildman–Crippen LogP) is 3.62. The molecule has 3 rings (SSSR count). The quantitative estimate of drug-likeness (QED) is 0.740. The van der Waals surface area contributed by atoms with Crippen LogP contribution >= 0.6 is 11.6 Å². The summed E-state index contributed by atoms with van der Waals surface area (Å²) in [5.74, 6) is -1.31. The summed E-state index contributed by atoms with van der Waals surface area (Å²) >= 11 is 5.90. The van der Waals surface area contributed by atoms with Crippen molar-refractivity contribution in [1.29, 1.82) is 0 Å². The fourth-order valence-corrected chi connectivity index (χ4v) is 3.45. The molecule has 1 unspecified atom stereocenters. The van der Waals surface area contributed by atoms with Gasteiger partial charge in [0, 0.05) is 18.6 Å². The molecule has 0 aliphatic carbocycles. The summed E-state index contributed by atoms with van der Waals surface area (Å²) in [6, 6.07) is 13.0. The fraction of sp³-hybridized carbons (Fsp3) is 0.286. The first kappa shape index (κ1) is 19.1. The average molecular weight is 385 g/mol. The number of imide groups is 1. The Morgan fingerprint density at radius 2 is 1.52 bits per heavy atom.